The Kier molecular flexibility index (Phi) is 5.37. The lowest BCUT2D eigenvalue weighted by Crippen LogP contribution is -2.26. The maximum Gasteiger partial charge on any atom is 0.149 e. The summed E-state index contributed by atoms with van der Waals surface area (Å²) in [4.78, 5) is 6.00. The molecule has 1 aromatic rings. The van der Waals surface area contributed by atoms with E-state index in [1.165, 1.54) is 6.26 Å². The molecule has 0 saturated heterocycles. The third kappa shape index (κ3) is 4.80. The van der Waals surface area contributed by atoms with Crippen molar-refractivity contribution in [3.05, 3.63) is 22.8 Å². The van der Waals surface area contributed by atoms with Crippen LogP contribution in [-0.4, -0.2) is 46.1 Å². The van der Waals surface area contributed by atoms with E-state index < -0.39 is 9.84 Å². The van der Waals surface area contributed by atoms with Gasteiger partial charge >= 0.3 is 0 Å². The van der Waals surface area contributed by atoms with Gasteiger partial charge in [0.25, 0.3) is 0 Å². The molecule has 18 heavy (non-hydrogen) atoms. The first-order chi connectivity index (χ1) is 8.33. The third-order valence-corrected chi connectivity index (χ3v) is 3.62. The minimum Gasteiger partial charge on any atom is -0.357 e. The van der Waals surface area contributed by atoms with Crippen molar-refractivity contribution in [3.8, 4) is 0 Å². The normalized spacial score (nSPS) is 11.6. The zero-order valence-electron chi connectivity index (χ0n) is 10.8. The lowest BCUT2D eigenvalue weighted by atomic mass is 10.3. The van der Waals surface area contributed by atoms with E-state index >= 15 is 0 Å². The number of sulfone groups is 1. The molecular weight excluding hydrogens is 274 g/mol. The van der Waals surface area contributed by atoms with Crippen LogP contribution in [0.15, 0.2) is 12.3 Å². The van der Waals surface area contributed by atoms with Crippen molar-refractivity contribution in [3.63, 3.8) is 0 Å². The number of pyridine rings is 1. The van der Waals surface area contributed by atoms with Gasteiger partial charge in [-0.3, -0.25) is 0 Å². The van der Waals surface area contributed by atoms with Crippen molar-refractivity contribution in [2.75, 3.05) is 37.5 Å². The molecule has 0 aromatic carbocycles. The zero-order chi connectivity index (χ0) is 13.8. The van der Waals surface area contributed by atoms with Crippen LogP contribution in [0.25, 0.3) is 0 Å². The van der Waals surface area contributed by atoms with Gasteiger partial charge in [0, 0.05) is 32.6 Å². The molecule has 0 atom stereocenters. The molecule has 0 spiro atoms. The predicted molar refractivity (Wildman–Crippen MR) is 75.0 cm³/mol. The number of anilines is 1. The second-order valence-corrected chi connectivity index (χ2v) is 6.90. The van der Waals surface area contributed by atoms with Crippen molar-refractivity contribution < 1.29 is 8.42 Å². The van der Waals surface area contributed by atoms with Gasteiger partial charge in [-0.2, -0.15) is 0 Å². The van der Waals surface area contributed by atoms with E-state index in [4.69, 9.17) is 11.6 Å². The maximum atomic E-state index is 11.1. The van der Waals surface area contributed by atoms with E-state index in [0.717, 1.165) is 5.56 Å². The first-order valence-corrected chi connectivity index (χ1v) is 7.95. The van der Waals surface area contributed by atoms with Gasteiger partial charge in [0.05, 0.1) is 10.8 Å². The Labute approximate surface area is 113 Å². The van der Waals surface area contributed by atoms with Gasteiger partial charge in [0.1, 0.15) is 15.7 Å². The molecule has 0 amide bonds. The van der Waals surface area contributed by atoms with Crippen LogP contribution in [0.2, 0.25) is 5.02 Å². The molecule has 1 N–H and O–H groups in total. The average molecular weight is 292 g/mol. The second kappa shape index (κ2) is 6.36. The number of hydrogen-bond donors (Lipinski definition) is 1. The quantitative estimate of drug-likeness (QED) is 0.845. The van der Waals surface area contributed by atoms with E-state index in [1.54, 1.807) is 18.1 Å². The van der Waals surface area contributed by atoms with Gasteiger partial charge < -0.3 is 10.2 Å². The Balaban J connectivity index is 2.77. The largest absolute Gasteiger partial charge is 0.357 e. The fourth-order valence-corrected chi connectivity index (χ4v) is 2.40. The molecule has 0 aliphatic heterocycles. The van der Waals surface area contributed by atoms with Crippen LogP contribution in [0.3, 0.4) is 0 Å². The van der Waals surface area contributed by atoms with Crippen molar-refractivity contribution >= 4 is 27.3 Å². The standard InChI is InChI=1S/C11H18ClN3O2S/c1-13-7-9-6-10(12)11(14-8-9)15(2)4-5-18(3,16)17/h6,8,13H,4-5,7H2,1-3H3. The Hall–Kier alpha value is -0.850. The molecule has 0 unspecified atom stereocenters. The number of nitrogens with one attached hydrogen (secondary N) is 1. The van der Waals surface area contributed by atoms with Gasteiger partial charge in [-0.05, 0) is 18.7 Å². The minimum absolute atomic E-state index is 0.0831. The predicted octanol–water partition coefficient (Wildman–Crippen LogP) is 0.935. The number of hydrogen-bond acceptors (Lipinski definition) is 5. The Morgan fingerprint density at radius 2 is 2.17 bits per heavy atom. The van der Waals surface area contributed by atoms with Crippen molar-refractivity contribution in [2.24, 2.45) is 0 Å². The summed E-state index contributed by atoms with van der Waals surface area (Å²) >= 11 is 6.13. The van der Waals surface area contributed by atoms with Crippen molar-refractivity contribution in [1.82, 2.24) is 10.3 Å². The van der Waals surface area contributed by atoms with Crippen LogP contribution in [-0.2, 0) is 16.4 Å². The minimum atomic E-state index is -2.98. The smallest absolute Gasteiger partial charge is 0.149 e. The summed E-state index contributed by atoms with van der Waals surface area (Å²) in [5.74, 6) is 0.680. The summed E-state index contributed by atoms with van der Waals surface area (Å²) in [5, 5.41) is 3.54. The SMILES string of the molecule is CNCc1cnc(N(C)CCS(C)(=O)=O)c(Cl)c1. The van der Waals surface area contributed by atoms with Crippen molar-refractivity contribution in [2.45, 2.75) is 6.54 Å². The molecule has 0 aliphatic rings. The highest BCUT2D eigenvalue weighted by atomic mass is 35.5. The summed E-state index contributed by atoms with van der Waals surface area (Å²) in [6.45, 7) is 1.07. The molecule has 0 aliphatic carbocycles. The van der Waals surface area contributed by atoms with Gasteiger partial charge in [-0.15, -0.1) is 0 Å². The first kappa shape index (κ1) is 15.2. The number of nitrogens with zero attached hydrogens (tertiary/aromatic N) is 2. The second-order valence-electron chi connectivity index (χ2n) is 4.23. The fraction of sp³-hybridized carbons (Fsp3) is 0.545. The molecular formula is C11H18ClN3O2S. The summed E-state index contributed by atoms with van der Waals surface area (Å²) < 4.78 is 22.2. The Morgan fingerprint density at radius 3 is 2.67 bits per heavy atom. The van der Waals surface area contributed by atoms with E-state index in [9.17, 15) is 8.42 Å². The first-order valence-electron chi connectivity index (χ1n) is 5.51. The third-order valence-electron chi connectivity index (χ3n) is 2.42. The highest BCUT2D eigenvalue weighted by molar-refractivity contribution is 7.90. The molecule has 1 heterocycles. The monoisotopic (exact) mass is 291 g/mol. The lowest BCUT2D eigenvalue weighted by molar-refractivity contribution is 0.601. The van der Waals surface area contributed by atoms with Crippen molar-refractivity contribution in [1.29, 1.82) is 0 Å². The molecule has 1 rings (SSSR count). The highest BCUT2D eigenvalue weighted by Crippen LogP contribution is 2.23. The van der Waals surface area contributed by atoms with E-state index in [-0.39, 0.29) is 5.75 Å². The van der Waals surface area contributed by atoms with Crippen LogP contribution in [0.4, 0.5) is 5.82 Å². The molecule has 1 aromatic heterocycles. The van der Waals surface area contributed by atoms with Crippen LogP contribution in [0.1, 0.15) is 5.56 Å². The molecule has 5 nitrogen and oxygen atoms in total. The Bertz CT molecular complexity index is 505. The summed E-state index contributed by atoms with van der Waals surface area (Å²) in [6, 6.07) is 1.83. The average Bonchev–Trinajstić information content (AvgIpc) is 2.25. The number of aromatic nitrogens is 1. The number of halogens is 1. The lowest BCUT2D eigenvalue weighted by Gasteiger charge is -2.19. The van der Waals surface area contributed by atoms with Gasteiger partial charge in [-0.1, -0.05) is 11.6 Å². The summed E-state index contributed by atoms with van der Waals surface area (Å²) in [5.41, 5.74) is 0.989. The fourth-order valence-electron chi connectivity index (χ4n) is 1.46. The molecule has 102 valence electrons. The number of rotatable bonds is 6. The molecule has 7 heteroatoms. The topological polar surface area (TPSA) is 62.3 Å². The van der Waals surface area contributed by atoms with E-state index in [1.807, 2.05) is 13.1 Å². The van der Waals surface area contributed by atoms with Gasteiger partial charge in [0.2, 0.25) is 0 Å². The molecule has 0 radical (unpaired) electrons. The van der Waals surface area contributed by atoms with E-state index in [0.29, 0.717) is 23.9 Å². The van der Waals surface area contributed by atoms with Gasteiger partial charge in [0.15, 0.2) is 0 Å². The van der Waals surface area contributed by atoms with Crippen LogP contribution in [0.5, 0.6) is 0 Å². The van der Waals surface area contributed by atoms with Crippen LogP contribution in [0, 0.1) is 0 Å². The van der Waals surface area contributed by atoms with E-state index in [2.05, 4.69) is 10.3 Å². The summed E-state index contributed by atoms with van der Waals surface area (Å²) in [7, 11) is 0.643. The maximum absolute atomic E-state index is 11.1. The zero-order valence-corrected chi connectivity index (χ0v) is 12.3. The summed E-state index contributed by atoms with van der Waals surface area (Å²) in [6.07, 6.45) is 2.94. The Morgan fingerprint density at radius 1 is 1.50 bits per heavy atom. The van der Waals surface area contributed by atoms with Crippen LogP contribution < -0.4 is 10.2 Å². The molecule has 0 fully saturated rings. The molecule has 0 bridgehead atoms. The highest BCUT2D eigenvalue weighted by Gasteiger charge is 2.11. The van der Waals surface area contributed by atoms with Gasteiger partial charge in [-0.25, -0.2) is 13.4 Å². The molecule has 0 saturated carbocycles. The van der Waals surface area contributed by atoms with Crippen LogP contribution >= 0.6 is 11.6 Å².